The molecule has 3 aromatic rings. The molecule has 0 saturated carbocycles. The number of amides is 1. The summed E-state index contributed by atoms with van der Waals surface area (Å²) in [6, 6.07) is 11.9. The first-order chi connectivity index (χ1) is 14.6. The molecule has 1 amide bonds. The number of carbonyl (C=O) groups is 1. The maximum absolute atomic E-state index is 12.6. The molecular formula is C21H19N3O6. The average Bonchev–Trinajstić information content (AvgIpc) is 2.77. The number of fused-ring (bicyclic) bond motifs is 1. The van der Waals surface area contributed by atoms with Gasteiger partial charge in [0.15, 0.2) is 11.5 Å². The lowest BCUT2D eigenvalue weighted by atomic mass is 10.2. The summed E-state index contributed by atoms with van der Waals surface area (Å²) in [4.78, 5) is 37.5. The Labute approximate surface area is 171 Å². The van der Waals surface area contributed by atoms with E-state index in [0.29, 0.717) is 41.8 Å². The highest BCUT2D eigenvalue weighted by molar-refractivity contribution is 5.90. The van der Waals surface area contributed by atoms with E-state index in [-0.39, 0.29) is 6.54 Å². The third kappa shape index (κ3) is 3.77. The van der Waals surface area contributed by atoms with Crippen LogP contribution in [0.25, 0.3) is 5.69 Å². The average molecular weight is 409 g/mol. The van der Waals surface area contributed by atoms with Crippen LogP contribution in [0.2, 0.25) is 0 Å². The number of nitrogens with zero attached hydrogens (tertiary/aromatic N) is 2. The first-order valence-corrected chi connectivity index (χ1v) is 9.22. The van der Waals surface area contributed by atoms with E-state index in [1.54, 1.807) is 42.5 Å². The highest BCUT2D eigenvalue weighted by Crippen LogP contribution is 2.32. The topological polar surface area (TPSA) is 101 Å². The summed E-state index contributed by atoms with van der Waals surface area (Å²) in [5.74, 6) is 1.14. The lowest BCUT2D eigenvalue weighted by molar-refractivity contribution is -0.116. The SMILES string of the molecule is COc1ccccc1-n1ccn(CC(=O)Nc2ccc3c(c2)OCCO3)c(=O)c1=O. The Morgan fingerprint density at radius 3 is 2.60 bits per heavy atom. The van der Waals surface area contributed by atoms with E-state index in [9.17, 15) is 14.4 Å². The van der Waals surface area contributed by atoms with E-state index in [2.05, 4.69) is 5.32 Å². The van der Waals surface area contributed by atoms with Gasteiger partial charge in [-0.1, -0.05) is 12.1 Å². The molecular weight excluding hydrogens is 390 g/mol. The Morgan fingerprint density at radius 1 is 1.03 bits per heavy atom. The van der Waals surface area contributed by atoms with Crippen LogP contribution in [-0.2, 0) is 11.3 Å². The normalized spacial score (nSPS) is 12.3. The standard InChI is InChI=1S/C21H19N3O6/c1-28-16-5-3-2-4-15(16)24-9-8-23(20(26)21(24)27)13-19(25)22-14-6-7-17-18(12-14)30-11-10-29-17/h2-9,12H,10-11,13H2,1H3,(H,22,25). The molecule has 0 atom stereocenters. The number of hydrogen-bond donors (Lipinski definition) is 1. The van der Waals surface area contributed by atoms with Crippen LogP contribution in [-0.4, -0.2) is 35.4 Å². The van der Waals surface area contributed by atoms with Crippen molar-refractivity contribution < 1.29 is 19.0 Å². The molecule has 154 valence electrons. The van der Waals surface area contributed by atoms with Gasteiger partial charge >= 0.3 is 11.1 Å². The summed E-state index contributed by atoms with van der Waals surface area (Å²) < 4.78 is 18.4. The molecule has 0 radical (unpaired) electrons. The van der Waals surface area contributed by atoms with E-state index in [1.165, 1.54) is 24.1 Å². The van der Waals surface area contributed by atoms with E-state index in [4.69, 9.17) is 14.2 Å². The van der Waals surface area contributed by atoms with Crippen LogP contribution >= 0.6 is 0 Å². The van der Waals surface area contributed by atoms with Gasteiger partial charge in [0.1, 0.15) is 25.5 Å². The summed E-state index contributed by atoms with van der Waals surface area (Å²) in [7, 11) is 1.48. The Morgan fingerprint density at radius 2 is 1.80 bits per heavy atom. The van der Waals surface area contributed by atoms with Gasteiger partial charge in [0.2, 0.25) is 5.91 Å². The predicted octanol–water partition coefficient (Wildman–Crippen LogP) is 1.42. The zero-order chi connectivity index (χ0) is 21.1. The van der Waals surface area contributed by atoms with Crippen molar-refractivity contribution in [1.29, 1.82) is 0 Å². The fourth-order valence-corrected chi connectivity index (χ4v) is 3.13. The molecule has 2 heterocycles. The van der Waals surface area contributed by atoms with E-state index >= 15 is 0 Å². The smallest absolute Gasteiger partial charge is 0.321 e. The van der Waals surface area contributed by atoms with Crippen molar-refractivity contribution in [2.24, 2.45) is 0 Å². The van der Waals surface area contributed by atoms with Crippen LogP contribution in [0.4, 0.5) is 5.69 Å². The number of nitrogens with one attached hydrogen (secondary N) is 1. The molecule has 1 aliphatic rings. The molecule has 0 saturated heterocycles. The maximum atomic E-state index is 12.6. The van der Waals surface area contributed by atoms with Crippen molar-refractivity contribution in [3.8, 4) is 22.9 Å². The molecule has 0 aliphatic carbocycles. The van der Waals surface area contributed by atoms with Crippen molar-refractivity contribution in [2.45, 2.75) is 6.54 Å². The molecule has 1 N–H and O–H groups in total. The summed E-state index contributed by atoms with van der Waals surface area (Å²) in [5, 5.41) is 2.69. The van der Waals surface area contributed by atoms with Gasteiger partial charge in [0, 0.05) is 24.1 Å². The monoisotopic (exact) mass is 409 g/mol. The zero-order valence-corrected chi connectivity index (χ0v) is 16.2. The minimum Gasteiger partial charge on any atom is -0.495 e. The number of carbonyl (C=O) groups excluding carboxylic acids is 1. The molecule has 0 spiro atoms. The van der Waals surface area contributed by atoms with Crippen molar-refractivity contribution >= 4 is 11.6 Å². The quantitative estimate of drug-likeness (QED) is 0.640. The van der Waals surface area contributed by atoms with Crippen molar-refractivity contribution in [3.63, 3.8) is 0 Å². The van der Waals surface area contributed by atoms with Crippen LogP contribution in [0.3, 0.4) is 0 Å². The molecule has 0 bridgehead atoms. The Balaban J connectivity index is 1.54. The van der Waals surface area contributed by atoms with Crippen LogP contribution in [0.1, 0.15) is 0 Å². The van der Waals surface area contributed by atoms with Crippen LogP contribution in [0.15, 0.2) is 64.4 Å². The second-order valence-electron chi connectivity index (χ2n) is 6.48. The fourth-order valence-electron chi connectivity index (χ4n) is 3.13. The molecule has 9 nitrogen and oxygen atoms in total. The lowest BCUT2D eigenvalue weighted by Crippen LogP contribution is -2.41. The molecule has 1 aromatic heterocycles. The Kier molecular flexibility index (Phi) is 5.25. The van der Waals surface area contributed by atoms with Gasteiger partial charge in [0.25, 0.3) is 0 Å². The Hall–Kier alpha value is -4.01. The first kappa shape index (κ1) is 19.3. The zero-order valence-electron chi connectivity index (χ0n) is 16.2. The number of hydrogen-bond acceptors (Lipinski definition) is 6. The van der Waals surface area contributed by atoms with Crippen LogP contribution in [0.5, 0.6) is 17.2 Å². The first-order valence-electron chi connectivity index (χ1n) is 9.22. The van der Waals surface area contributed by atoms with Gasteiger partial charge in [-0.2, -0.15) is 0 Å². The highest BCUT2D eigenvalue weighted by Gasteiger charge is 2.15. The second kappa shape index (κ2) is 8.16. The third-order valence-corrected chi connectivity index (χ3v) is 4.54. The molecule has 0 fully saturated rings. The second-order valence-corrected chi connectivity index (χ2v) is 6.48. The summed E-state index contributed by atoms with van der Waals surface area (Å²) >= 11 is 0. The number of ether oxygens (including phenoxy) is 3. The number of methoxy groups -OCH3 is 1. The largest absolute Gasteiger partial charge is 0.495 e. The molecule has 30 heavy (non-hydrogen) atoms. The summed E-state index contributed by atoms with van der Waals surface area (Å²) in [6.07, 6.45) is 2.82. The third-order valence-electron chi connectivity index (χ3n) is 4.54. The summed E-state index contributed by atoms with van der Waals surface area (Å²) in [5.41, 5.74) is -0.662. The van der Waals surface area contributed by atoms with Gasteiger partial charge in [-0.05, 0) is 24.3 Å². The Bertz CT molecular complexity index is 1210. The number of benzene rings is 2. The van der Waals surface area contributed by atoms with Crippen molar-refractivity contribution in [1.82, 2.24) is 9.13 Å². The highest BCUT2D eigenvalue weighted by atomic mass is 16.6. The van der Waals surface area contributed by atoms with E-state index < -0.39 is 17.0 Å². The van der Waals surface area contributed by atoms with Crippen molar-refractivity contribution in [2.75, 3.05) is 25.6 Å². The van der Waals surface area contributed by atoms with Gasteiger partial charge in [-0.3, -0.25) is 23.5 Å². The van der Waals surface area contributed by atoms with Gasteiger partial charge in [-0.25, -0.2) is 0 Å². The molecule has 2 aromatic carbocycles. The minimum absolute atomic E-state index is 0.310. The van der Waals surface area contributed by atoms with Crippen LogP contribution in [0, 0.1) is 0 Å². The lowest BCUT2D eigenvalue weighted by Gasteiger charge is -2.19. The number of aromatic nitrogens is 2. The maximum Gasteiger partial charge on any atom is 0.321 e. The van der Waals surface area contributed by atoms with E-state index in [1.807, 2.05) is 0 Å². The van der Waals surface area contributed by atoms with Gasteiger partial charge < -0.3 is 19.5 Å². The molecule has 1 aliphatic heterocycles. The molecule has 4 rings (SSSR count). The number of para-hydroxylation sites is 2. The number of rotatable bonds is 5. The summed E-state index contributed by atoms with van der Waals surface area (Å²) in [6.45, 7) is 0.597. The molecule has 0 unspecified atom stereocenters. The minimum atomic E-state index is -0.819. The molecule has 9 heteroatoms. The number of anilines is 1. The van der Waals surface area contributed by atoms with Crippen molar-refractivity contribution in [3.05, 3.63) is 75.6 Å². The van der Waals surface area contributed by atoms with E-state index in [0.717, 1.165) is 4.57 Å². The fraction of sp³-hybridized carbons (Fsp3) is 0.190. The van der Waals surface area contributed by atoms with Gasteiger partial charge in [0.05, 0.1) is 12.8 Å². The van der Waals surface area contributed by atoms with Gasteiger partial charge in [-0.15, -0.1) is 0 Å². The predicted molar refractivity (Wildman–Crippen MR) is 109 cm³/mol. The van der Waals surface area contributed by atoms with Crippen LogP contribution < -0.4 is 30.6 Å².